The van der Waals surface area contributed by atoms with Crippen molar-refractivity contribution in [2.75, 3.05) is 6.61 Å². The van der Waals surface area contributed by atoms with Crippen LogP contribution in [0.4, 0.5) is 0 Å². The quantitative estimate of drug-likeness (QED) is 0.639. The van der Waals surface area contributed by atoms with E-state index in [2.05, 4.69) is 0 Å². The van der Waals surface area contributed by atoms with Crippen molar-refractivity contribution in [2.45, 2.75) is 58.2 Å². The molecule has 1 aliphatic carbocycles. The average molecular weight is 200 g/mol. The normalized spacial score (nSPS) is 19.6. The molecule has 1 saturated carbocycles. The van der Waals surface area contributed by atoms with Crippen molar-refractivity contribution in [1.82, 2.24) is 0 Å². The molecule has 0 spiro atoms. The zero-order chi connectivity index (χ0) is 10.4. The van der Waals surface area contributed by atoms with E-state index < -0.39 is 0 Å². The Labute approximate surface area is 85.8 Å². The highest BCUT2D eigenvalue weighted by molar-refractivity contribution is 5.74. The minimum atomic E-state index is -0.349. The molecule has 3 heteroatoms. The van der Waals surface area contributed by atoms with Crippen LogP contribution in [0.1, 0.15) is 46.0 Å². The van der Waals surface area contributed by atoms with Gasteiger partial charge in [0.25, 0.3) is 0 Å². The zero-order valence-corrected chi connectivity index (χ0v) is 9.12. The summed E-state index contributed by atoms with van der Waals surface area (Å²) in [5, 5.41) is 0. The Hall–Kier alpha value is -0.570. The summed E-state index contributed by atoms with van der Waals surface area (Å²) >= 11 is 0. The standard InChI is InChI=1S/C11H20O3/c1-3-10(11(12)13-4-2)14-9-7-5-6-8-9/h9-10H,3-8H2,1-2H3. The van der Waals surface area contributed by atoms with Crippen LogP contribution in [0.15, 0.2) is 0 Å². The molecule has 0 aliphatic heterocycles. The molecule has 1 aliphatic rings. The predicted octanol–water partition coefficient (Wildman–Crippen LogP) is 2.29. The van der Waals surface area contributed by atoms with E-state index in [0.29, 0.717) is 13.0 Å². The van der Waals surface area contributed by atoms with Gasteiger partial charge < -0.3 is 9.47 Å². The van der Waals surface area contributed by atoms with Crippen LogP contribution in [0.25, 0.3) is 0 Å². The summed E-state index contributed by atoms with van der Waals surface area (Å²) in [7, 11) is 0. The molecule has 82 valence electrons. The number of esters is 1. The maximum atomic E-state index is 11.4. The minimum Gasteiger partial charge on any atom is -0.464 e. The monoisotopic (exact) mass is 200 g/mol. The maximum absolute atomic E-state index is 11.4. The Morgan fingerprint density at radius 1 is 1.36 bits per heavy atom. The highest BCUT2D eigenvalue weighted by Crippen LogP contribution is 2.23. The Bertz CT molecular complexity index is 173. The first-order valence-corrected chi connectivity index (χ1v) is 5.60. The smallest absolute Gasteiger partial charge is 0.335 e. The third-order valence-corrected chi connectivity index (χ3v) is 2.58. The van der Waals surface area contributed by atoms with Crippen LogP contribution in [0, 0.1) is 0 Å². The van der Waals surface area contributed by atoms with E-state index >= 15 is 0 Å². The average Bonchev–Trinajstić information content (AvgIpc) is 2.66. The van der Waals surface area contributed by atoms with Gasteiger partial charge in [0, 0.05) is 0 Å². The lowest BCUT2D eigenvalue weighted by Crippen LogP contribution is -2.29. The summed E-state index contributed by atoms with van der Waals surface area (Å²) < 4.78 is 10.6. The molecule has 0 aromatic carbocycles. The van der Waals surface area contributed by atoms with Gasteiger partial charge in [0.05, 0.1) is 12.7 Å². The molecule has 1 unspecified atom stereocenters. The van der Waals surface area contributed by atoms with Crippen LogP contribution in [-0.2, 0) is 14.3 Å². The van der Waals surface area contributed by atoms with Gasteiger partial charge in [-0.2, -0.15) is 0 Å². The van der Waals surface area contributed by atoms with Crippen molar-refractivity contribution >= 4 is 5.97 Å². The van der Waals surface area contributed by atoms with E-state index in [4.69, 9.17) is 9.47 Å². The summed E-state index contributed by atoms with van der Waals surface area (Å²) in [6.07, 6.45) is 5.28. The Morgan fingerprint density at radius 3 is 2.50 bits per heavy atom. The van der Waals surface area contributed by atoms with Crippen LogP contribution < -0.4 is 0 Å². The molecule has 0 bridgehead atoms. The second-order valence-corrected chi connectivity index (χ2v) is 3.69. The molecule has 0 heterocycles. The second kappa shape index (κ2) is 6.02. The summed E-state index contributed by atoms with van der Waals surface area (Å²) in [5.41, 5.74) is 0. The van der Waals surface area contributed by atoms with Gasteiger partial charge in [-0.1, -0.05) is 19.8 Å². The number of ether oxygens (including phenoxy) is 2. The number of rotatable bonds is 5. The fourth-order valence-electron chi connectivity index (χ4n) is 1.81. The lowest BCUT2D eigenvalue weighted by atomic mass is 10.2. The summed E-state index contributed by atoms with van der Waals surface area (Å²) in [6.45, 7) is 4.21. The van der Waals surface area contributed by atoms with Crippen molar-refractivity contribution in [3.63, 3.8) is 0 Å². The molecular weight excluding hydrogens is 180 g/mol. The number of hydrogen-bond donors (Lipinski definition) is 0. The molecule has 0 saturated heterocycles. The Balaban J connectivity index is 2.33. The fourth-order valence-corrected chi connectivity index (χ4v) is 1.81. The first-order valence-electron chi connectivity index (χ1n) is 5.60. The largest absolute Gasteiger partial charge is 0.464 e. The van der Waals surface area contributed by atoms with E-state index in [0.717, 1.165) is 12.8 Å². The maximum Gasteiger partial charge on any atom is 0.335 e. The summed E-state index contributed by atoms with van der Waals surface area (Å²) in [6, 6.07) is 0. The van der Waals surface area contributed by atoms with Crippen LogP contribution in [0.3, 0.4) is 0 Å². The molecular formula is C11H20O3. The van der Waals surface area contributed by atoms with E-state index in [9.17, 15) is 4.79 Å². The SMILES string of the molecule is CCOC(=O)C(CC)OC1CCCC1. The molecule has 0 radical (unpaired) electrons. The van der Waals surface area contributed by atoms with Crippen LogP contribution in [0.2, 0.25) is 0 Å². The summed E-state index contributed by atoms with van der Waals surface area (Å²) in [4.78, 5) is 11.4. The number of carbonyl (C=O) groups excluding carboxylic acids is 1. The van der Waals surface area contributed by atoms with Gasteiger partial charge in [0.1, 0.15) is 0 Å². The van der Waals surface area contributed by atoms with Crippen molar-refractivity contribution in [2.24, 2.45) is 0 Å². The van der Waals surface area contributed by atoms with Crippen molar-refractivity contribution in [1.29, 1.82) is 0 Å². The highest BCUT2D eigenvalue weighted by Gasteiger charge is 2.24. The van der Waals surface area contributed by atoms with E-state index in [1.54, 1.807) is 0 Å². The summed E-state index contributed by atoms with van der Waals surface area (Å²) in [5.74, 6) is -0.207. The lowest BCUT2D eigenvalue weighted by molar-refractivity contribution is -0.160. The molecule has 0 aromatic rings. The molecule has 0 N–H and O–H groups in total. The van der Waals surface area contributed by atoms with Gasteiger partial charge in [0.2, 0.25) is 0 Å². The third kappa shape index (κ3) is 3.29. The van der Waals surface area contributed by atoms with Crippen LogP contribution in [-0.4, -0.2) is 24.8 Å². The molecule has 0 aromatic heterocycles. The van der Waals surface area contributed by atoms with E-state index in [1.807, 2.05) is 13.8 Å². The van der Waals surface area contributed by atoms with Crippen molar-refractivity contribution in [3.05, 3.63) is 0 Å². The molecule has 1 rings (SSSR count). The fraction of sp³-hybridized carbons (Fsp3) is 0.909. The number of carbonyl (C=O) groups is 1. The van der Waals surface area contributed by atoms with Gasteiger partial charge >= 0.3 is 5.97 Å². The lowest BCUT2D eigenvalue weighted by Gasteiger charge is -2.19. The predicted molar refractivity (Wildman–Crippen MR) is 54.1 cm³/mol. The van der Waals surface area contributed by atoms with Crippen molar-refractivity contribution < 1.29 is 14.3 Å². The van der Waals surface area contributed by atoms with Gasteiger partial charge in [-0.25, -0.2) is 4.79 Å². The molecule has 14 heavy (non-hydrogen) atoms. The molecule has 1 atom stereocenters. The van der Waals surface area contributed by atoms with Gasteiger partial charge in [-0.15, -0.1) is 0 Å². The van der Waals surface area contributed by atoms with Gasteiger partial charge in [0.15, 0.2) is 6.10 Å². The second-order valence-electron chi connectivity index (χ2n) is 3.69. The minimum absolute atomic E-state index is 0.207. The molecule has 3 nitrogen and oxygen atoms in total. The van der Waals surface area contributed by atoms with Gasteiger partial charge in [-0.3, -0.25) is 0 Å². The van der Waals surface area contributed by atoms with E-state index in [1.165, 1.54) is 12.8 Å². The molecule has 1 fully saturated rings. The first-order chi connectivity index (χ1) is 6.77. The van der Waals surface area contributed by atoms with Crippen molar-refractivity contribution in [3.8, 4) is 0 Å². The Morgan fingerprint density at radius 2 is 2.00 bits per heavy atom. The molecule has 0 amide bonds. The third-order valence-electron chi connectivity index (χ3n) is 2.58. The topological polar surface area (TPSA) is 35.5 Å². The zero-order valence-electron chi connectivity index (χ0n) is 9.12. The van der Waals surface area contributed by atoms with Crippen LogP contribution in [0.5, 0.6) is 0 Å². The first kappa shape index (κ1) is 11.5. The number of hydrogen-bond acceptors (Lipinski definition) is 3. The van der Waals surface area contributed by atoms with E-state index in [-0.39, 0.29) is 18.2 Å². The Kier molecular flexibility index (Phi) is 4.94. The van der Waals surface area contributed by atoms with Crippen LogP contribution >= 0.6 is 0 Å². The highest BCUT2D eigenvalue weighted by atomic mass is 16.6. The van der Waals surface area contributed by atoms with Gasteiger partial charge in [-0.05, 0) is 26.2 Å².